The van der Waals surface area contributed by atoms with Crippen molar-refractivity contribution in [1.82, 2.24) is 19.9 Å². The minimum absolute atomic E-state index is 0.0381. The van der Waals surface area contributed by atoms with E-state index in [4.69, 9.17) is 4.98 Å². The summed E-state index contributed by atoms with van der Waals surface area (Å²) in [6.45, 7) is 0. The fourth-order valence-corrected chi connectivity index (χ4v) is 5.94. The third-order valence-electron chi connectivity index (χ3n) is 4.73. The lowest BCUT2D eigenvalue weighted by molar-refractivity contribution is -0.120. The lowest BCUT2D eigenvalue weighted by Crippen LogP contribution is -2.41. The lowest BCUT2D eigenvalue weighted by Gasteiger charge is -2.22. The Bertz CT molecular complexity index is 1090. The number of benzene rings is 1. The minimum atomic E-state index is -0.286. The minimum Gasteiger partial charge on any atom is -0.348 e. The zero-order chi connectivity index (χ0) is 20.9. The van der Waals surface area contributed by atoms with E-state index in [0.29, 0.717) is 6.42 Å². The fraction of sp³-hybridized carbons (Fsp3) is 0.286. The van der Waals surface area contributed by atoms with E-state index < -0.39 is 0 Å². The number of amides is 1. The van der Waals surface area contributed by atoms with Crippen molar-refractivity contribution in [2.45, 2.75) is 23.2 Å². The summed E-state index contributed by atoms with van der Waals surface area (Å²) in [5.74, 6) is 0.974. The van der Waals surface area contributed by atoms with Gasteiger partial charge in [0.15, 0.2) is 4.34 Å². The summed E-state index contributed by atoms with van der Waals surface area (Å²) in [5, 5.41) is 7.37. The summed E-state index contributed by atoms with van der Waals surface area (Å²) in [4.78, 5) is 26.6. The molecule has 0 saturated carbocycles. The first-order chi connectivity index (χ1) is 14.6. The van der Waals surface area contributed by atoms with Gasteiger partial charge < -0.3 is 10.3 Å². The summed E-state index contributed by atoms with van der Waals surface area (Å²) < 4.78 is 2.15. The van der Waals surface area contributed by atoms with E-state index in [1.54, 1.807) is 47.0 Å². The first-order valence-electron chi connectivity index (χ1n) is 9.57. The molecule has 1 amide bonds. The second-order valence-corrected chi connectivity index (χ2v) is 10.3. The van der Waals surface area contributed by atoms with Crippen molar-refractivity contribution < 1.29 is 4.79 Å². The average Bonchev–Trinajstić information content (AvgIpc) is 3.47. The fourth-order valence-electron chi connectivity index (χ4n) is 3.07. The molecule has 3 aromatic heterocycles. The molecule has 0 aliphatic heterocycles. The van der Waals surface area contributed by atoms with Gasteiger partial charge in [-0.3, -0.25) is 9.69 Å². The average molecular weight is 458 g/mol. The smallest absolute Gasteiger partial charge is 0.242 e. The van der Waals surface area contributed by atoms with E-state index in [9.17, 15) is 4.79 Å². The number of thiazole rings is 1. The molecule has 9 heteroatoms. The maximum Gasteiger partial charge on any atom is 0.242 e. The Morgan fingerprint density at radius 3 is 2.97 bits per heavy atom. The number of aromatic amines is 1. The third kappa shape index (κ3) is 5.28. The van der Waals surface area contributed by atoms with Crippen molar-refractivity contribution >= 4 is 56.2 Å². The number of rotatable bonds is 9. The highest BCUT2D eigenvalue weighted by atomic mass is 32.2. The van der Waals surface area contributed by atoms with Crippen LogP contribution in [-0.4, -0.2) is 51.6 Å². The zero-order valence-corrected chi connectivity index (χ0v) is 19.2. The molecule has 1 unspecified atom stereocenters. The topological polar surface area (TPSA) is 73.9 Å². The number of fused-ring (bicyclic) bond motifs is 1. The molecule has 1 aromatic carbocycles. The van der Waals surface area contributed by atoms with E-state index in [0.717, 1.165) is 38.1 Å². The van der Waals surface area contributed by atoms with E-state index in [1.165, 1.54) is 5.56 Å². The van der Waals surface area contributed by atoms with Gasteiger partial charge in [0.2, 0.25) is 5.91 Å². The number of hydrogen-bond donors (Lipinski definition) is 2. The van der Waals surface area contributed by atoms with Crippen molar-refractivity contribution in [3.8, 4) is 0 Å². The van der Waals surface area contributed by atoms with Crippen molar-refractivity contribution in [1.29, 1.82) is 0 Å². The van der Waals surface area contributed by atoms with E-state index >= 15 is 0 Å². The first-order valence-corrected chi connectivity index (χ1v) is 12.3. The van der Waals surface area contributed by atoms with E-state index in [-0.39, 0.29) is 11.9 Å². The largest absolute Gasteiger partial charge is 0.348 e. The van der Waals surface area contributed by atoms with Crippen LogP contribution < -0.4 is 5.32 Å². The monoisotopic (exact) mass is 457 g/mol. The molecule has 30 heavy (non-hydrogen) atoms. The number of H-pyrrole nitrogens is 1. The lowest BCUT2D eigenvalue weighted by atomic mass is 10.1. The summed E-state index contributed by atoms with van der Waals surface area (Å²) in [5.41, 5.74) is 4.08. The van der Waals surface area contributed by atoms with Gasteiger partial charge in [0.1, 0.15) is 0 Å². The molecule has 0 radical (unpaired) electrons. The van der Waals surface area contributed by atoms with Gasteiger partial charge in [-0.2, -0.15) is 11.3 Å². The molecule has 0 fully saturated rings. The maximum atomic E-state index is 12.9. The quantitative estimate of drug-likeness (QED) is 0.361. The standard InChI is InChI=1S/C21H23N5OS3/c1-26(2)18(9-16-11-22-13-23-16)20(27)24-15-3-4-17-19(10-15)30-21(25-17)29-8-6-14-5-7-28-12-14/h3-5,7,10-13,18H,6,8-9H2,1-2H3,(H,22,23)(H,24,27). The van der Waals surface area contributed by atoms with E-state index in [1.807, 2.05) is 37.2 Å². The van der Waals surface area contributed by atoms with Crippen LogP contribution >= 0.6 is 34.4 Å². The number of aromatic nitrogens is 3. The predicted molar refractivity (Wildman–Crippen MR) is 127 cm³/mol. The number of aryl methyl sites for hydroxylation is 1. The van der Waals surface area contributed by atoms with Gasteiger partial charge >= 0.3 is 0 Å². The summed E-state index contributed by atoms with van der Waals surface area (Å²) in [6.07, 6.45) is 5.01. The van der Waals surface area contributed by atoms with Crippen LogP contribution in [0.2, 0.25) is 0 Å². The van der Waals surface area contributed by atoms with Gasteiger partial charge in [0.25, 0.3) is 0 Å². The number of thiophene rings is 1. The van der Waals surface area contributed by atoms with Crippen LogP contribution in [0.3, 0.4) is 0 Å². The third-order valence-corrected chi connectivity index (χ3v) is 7.62. The van der Waals surface area contributed by atoms with Crippen LogP contribution in [0.15, 0.2) is 51.9 Å². The number of nitrogens with zero attached hydrogens (tertiary/aromatic N) is 3. The molecular formula is C21H23N5OS3. The molecule has 0 spiro atoms. The molecule has 3 heterocycles. The molecule has 6 nitrogen and oxygen atoms in total. The summed E-state index contributed by atoms with van der Waals surface area (Å²) >= 11 is 5.19. The van der Waals surface area contributed by atoms with Crippen LogP contribution in [0.1, 0.15) is 11.3 Å². The molecule has 0 aliphatic carbocycles. The zero-order valence-electron chi connectivity index (χ0n) is 16.8. The Balaban J connectivity index is 1.40. The second-order valence-electron chi connectivity index (χ2n) is 7.14. The molecule has 0 aliphatic rings. The molecule has 2 N–H and O–H groups in total. The van der Waals surface area contributed by atoms with E-state index in [2.05, 4.69) is 32.1 Å². The van der Waals surface area contributed by atoms with Crippen molar-refractivity contribution in [3.63, 3.8) is 0 Å². The van der Waals surface area contributed by atoms with Gasteiger partial charge in [-0.25, -0.2) is 9.97 Å². The number of carbonyl (C=O) groups is 1. The highest BCUT2D eigenvalue weighted by molar-refractivity contribution is 8.01. The molecule has 4 aromatic rings. The maximum absolute atomic E-state index is 12.9. The van der Waals surface area contributed by atoms with Gasteiger partial charge in [-0.05, 0) is 61.1 Å². The van der Waals surface area contributed by atoms with Gasteiger partial charge in [-0.15, -0.1) is 11.3 Å². The van der Waals surface area contributed by atoms with Crippen LogP contribution in [0.25, 0.3) is 10.2 Å². The Morgan fingerprint density at radius 2 is 2.23 bits per heavy atom. The molecule has 156 valence electrons. The summed E-state index contributed by atoms with van der Waals surface area (Å²) in [7, 11) is 3.82. The van der Waals surface area contributed by atoms with Crippen LogP contribution in [0.5, 0.6) is 0 Å². The van der Waals surface area contributed by atoms with Crippen molar-refractivity contribution in [2.24, 2.45) is 0 Å². The van der Waals surface area contributed by atoms with Crippen LogP contribution in [0, 0.1) is 0 Å². The number of nitrogens with one attached hydrogen (secondary N) is 2. The number of likely N-dealkylation sites (N-methyl/N-ethyl adjacent to an activating group) is 1. The number of anilines is 1. The first kappa shape index (κ1) is 21.0. The molecule has 0 bridgehead atoms. The Labute approximate surface area is 187 Å². The second kappa shape index (κ2) is 9.74. The number of imidazole rings is 1. The van der Waals surface area contributed by atoms with Gasteiger partial charge in [-0.1, -0.05) is 11.8 Å². The van der Waals surface area contributed by atoms with Crippen LogP contribution in [-0.2, 0) is 17.6 Å². The van der Waals surface area contributed by atoms with Crippen molar-refractivity contribution in [3.05, 3.63) is 58.8 Å². The Morgan fingerprint density at radius 1 is 1.33 bits per heavy atom. The van der Waals surface area contributed by atoms with Gasteiger partial charge in [0.05, 0.1) is 22.6 Å². The predicted octanol–water partition coefficient (Wildman–Crippen LogP) is 4.53. The summed E-state index contributed by atoms with van der Waals surface area (Å²) in [6, 6.07) is 7.79. The number of hydrogen-bond acceptors (Lipinski definition) is 7. The SMILES string of the molecule is CN(C)C(Cc1cnc[nH]1)C(=O)Nc1ccc2nc(SCCc3ccsc3)sc2c1. The Hall–Kier alpha value is -2.20. The molecule has 4 rings (SSSR count). The Kier molecular flexibility index (Phi) is 6.83. The highest BCUT2D eigenvalue weighted by Crippen LogP contribution is 2.31. The van der Waals surface area contributed by atoms with Crippen LogP contribution in [0.4, 0.5) is 5.69 Å². The molecule has 1 atom stereocenters. The van der Waals surface area contributed by atoms with Gasteiger partial charge in [0, 0.05) is 29.8 Å². The normalized spacial score (nSPS) is 12.5. The van der Waals surface area contributed by atoms with Crippen molar-refractivity contribution in [2.75, 3.05) is 25.2 Å². The number of carbonyl (C=O) groups excluding carboxylic acids is 1. The highest BCUT2D eigenvalue weighted by Gasteiger charge is 2.22. The molecule has 0 saturated heterocycles. The molecular weight excluding hydrogens is 434 g/mol. The number of thioether (sulfide) groups is 1.